The molecule has 0 saturated carbocycles. The highest BCUT2D eigenvalue weighted by Crippen LogP contribution is 2.23. The Labute approximate surface area is 206 Å². The zero-order chi connectivity index (χ0) is 24.2. The highest BCUT2D eigenvalue weighted by Gasteiger charge is 2.18. The van der Waals surface area contributed by atoms with E-state index in [-0.39, 0.29) is 11.9 Å². The quantitative estimate of drug-likeness (QED) is 0.435. The van der Waals surface area contributed by atoms with Gasteiger partial charge in [0.15, 0.2) is 0 Å². The number of ether oxygens (including phenoxy) is 1. The van der Waals surface area contributed by atoms with Gasteiger partial charge >= 0.3 is 0 Å². The SMILES string of the molecule is CC(C)NC(=O)CN1CCN(CCCCCOc2ccc(C(C)Cc3ccccc3)cc2)CC1. The van der Waals surface area contributed by atoms with Crippen molar-refractivity contribution in [2.24, 2.45) is 0 Å². The van der Waals surface area contributed by atoms with E-state index in [9.17, 15) is 4.79 Å². The lowest BCUT2D eigenvalue weighted by Gasteiger charge is -2.34. The number of carbonyl (C=O) groups is 1. The lowest BCUT2D eigenvalue weighted by Crippen LogP contribution is -2.50. The molecule has 186 valence electrons. The van der Waals surface area contributed by atoms with Crippen LogP contribution in [0.2, 0.25) is 0 Å². The van der Waals surface area contributed by atoms with Gasteiger partial charge in [0, 0.05) is 32.2 Å². The largest absolute Gasteiger partial charge is 0.494 e. The van der Waals surface area contributed by atoms with Gasteiger partial charge in [-0.3, -0.25) is 9.69 Å². The molecule has 0 aliphatic carbocycles. The molecule has 1 atom stereocenters. The topological polar surface area (TPSA) is 44.8 Å². The van der Waals surface area contributed by atoms with Gasteiger partial charge in [0.1, 0.15) is 5.75 Å². The van der Waals surface area contributed by atoms with Crippen molar-refractivity contribution in [1.82, 2.24) is 15.1 Å². The van der Waals surface area contributed by atoms with Crippen LogP contribution < -0.4 is 10.1 Å². The van der Waals surface area contributed by atoms with Crippen molar-refractivity contribution in [3.63, 3.8) is 0 Å². The van der Waals surface area contributed by atoms with Gasteiger partial charge in [0.25, 0.3) is 0 Å². The van der Waals surface area contributed by atoms with Gasteiger partial charge in [-0.2, -0.15) is 0 Å². The highest BCUT2D eigenvalue weighted by atomic mass is 16.5. The van der Waals surface area contributed by atoms with E-state index in [2.05, 4.69) is 76.6 Å². The second kappa shape index (κ2) is 14.1. The zero-order valence-corrected chi connectivity index (χ0v) is 21.3. The van der Waals surface area contributed by atoms with E-state index in [4.69, 9.17) is 4.74 Å². The molecule has 1 aliphatic heterocycles. The Morgan fingerprint density at radius 1 is 0.882 bits per heavy atom. The lowest BCUT2D eigenvalue weighted by molar-refractivity contribution is -0.123. The number of unbranched alkanes of at least 4 members (excludes halogenated alkanes) is 2. The molecule has 1 aliphatic rings. The predicted octanol–water partition coefficient (Wildman–Crippen LogP) is 4.72. The first-order chi connectivity index (χ1) is 16.5. The van der Waals surface area contributed by atoms with E-state index < -0.39 is 0 Å². The monoisotopic (exact) mass is 465 g/mol. The molecule has 0 aromatic heterocycles. The van der Waals surface area contributed by atoms with E-state index in [0.29, 0.717) is 12.5 Å². The Kier molecular flexibility index (Phi) is 10.9. The third-order valence-electron chi connectivity index (χ3n) is 6.50. The second-order valence-electron chi connectivity index (χ2n) is 9.91. The van der Waals surface area contributed by atoms with Gasteiger partial charge < -0.3 is 15.0 Å². The molecule has 1 amide bonds. The number of hydrogen-bond acceptors (Lipinski definition) is 4. The summed E-state index contributed by atoms with van der Waals surface area (Å²) in [5, 5.41) is 2.98. The van der Waals surface area contributed by atoms with Crippen molar-refractivity contribution in [2.75, 3.05) is 45.9 Å². The summed E-state index contributed by atoms with van der Waals surface area (Å²) in [6.07, 6.45) is 4.53. The van der Waals surface area contributed by atoms with Crippen LogP contribution >= 0.6 is 0 Å². The maximum atomic E-state index is 11.9. The minimum absolute atomic E-state index is 0.139. The fraction of sp³-hybridized carbons (Fsp3) is 0.552. The highest BCUT2D eigenvalue weighted by molar-refractivity contribution is 5.78. The van der Waals surface area contributed by atoms with Crippen LogP contribution in [0.25, 0.3) is 0 Å². The maximum absolute atomic E-state index is 11.9. The van der Waals surface area contributed by atoms with Crippen LogP contribution in [0.1, 0.15) is 57.1 Å². The van der Waals surface area contributed by atoms with Gasteiger partial charge in [-0.05, 0) is 75.3 Å². The van der Waals surface area contributed by atoms with Gasteiger partial charge in [-0.15, -0.1) is 0 Å². The second-order valence-corrected chi connectivity index (χ2v) is 9.91. The molecule has 5 nitrogen and oxygen atoms in total. The first-order valence-corrected chi connectivity index (χ1v) is 13.0. The average Bonchev–Trinajstić information content (AvgIpc) is 2.83. The third-order valence-corrected chi connectivity index (χ3v) is 6.50. The number of hydrogen-bond donors (Lipinski definition) is 1. The molecule has 1 fully saturated rings. The number of piperazine rings is 1. The molecule has 3 rings (SSSR count). The summed E-state index contributed by atoms with van der Waals surface area (Å²) in [5.74, 6) is 1.60. The number of nitrogens with zero attached hydrogens (tertiary/aromatic N) is 2. The molecular weight excluding hydrogens is 422 g/mol. The van der Waals surface area contributed by atoms with Gasteiger partial charge in [0.2, 0.25) is 5.91 Å². The van der Waals surface area contributed by atoms with E-state index >= 15 is 0 Å². The summed E-state index contributed by atoms with van der Waals surface area (Å²) in [4.78, 5) is 16.7. The van der Waals surface area contributed by atoms with Crippen LogP contribution in [0, 0.1) is 0 Å². The molecule has 0 radical (unpaired) electrons. The standard InChI is InChI=1S/C29H43N3O2/c1-24(2)30-29(33)23-32-19-17-31(18-20-32)16-8-5-9-21-34-28-14-12-27(13-15-28)25(3)22-26-10-6-4-7-11-26/h4,6-7,10-15,24-25H,5,8-9,16-23H2,1-3H3,(H,30,33). The van der Waals surface area contributed by atoms with E-state index in [1.165, 1.54) is 24.0 Å². The van der Waals surface area contributed by atoms with Crippen molar-refractivity contribution >= 4 is 5.91 Å². The predicted molar refractivity (Wildman–Crippen MR) is 141 cm³/mol. The molecule has 2 aromatic carbocycles. The Morgan fingerprint density at radius 3 is 2.24 bits per heavy atom. The number of rotatable bonds is 13. The van der Waals surface area contributed by atoms with Gasteiger partial charge in [-0.1, -0.05) is 49.4 Å². The zero-order valence-electron chi connectivity index (χ0n) is 21.3. The van der Waals surface area contributed by atoms with E-state index in [1.54, 1.807) is 0 Å². The van der Waals surface area contributed by atoms with E-state index in [0.717, 1.165) is 57.9 Å². The Bertz CT molecular complexity index is 830. The molecular formula is C29H43N3O2. The molecule has 1 heterocycles. The number of amides is 1. The molecule has 34 heavy (non-hydrogen) atoms. The molecule has 0 bridgehead atoms. The molecule has 1 unspecified atom stereocenters. The van der Waals surface area contributed by atoms with Crippen LogP contribution in [-0.4, -0.2) is 67.6 Å². The lowest BCUT2D eigenvalue weighted by atomic mass is 9.94. The van der Waals surface area contributed by atoms with Crippen LogP contribution in [-0.2, 0) is 11.2 Å². The summed E-state index contributed by atoms with van der Waals surface area (Å²) in [6, 6.07) is 19.5. The third kappa shape index (κ3) is 9.47. The Morgan fingerprint density at radius 2 is 1.56 bits per heavy atom. The number of carbonyl (C=O) groups excluding carboxylic acids is 1. The van der Waals surface area contributed by atoms with Crippen LogP contribution in [0.4, 0.5) is 0 Å². The average molecular weight is 466 g/mol. The molecule has 1 N–H and O–H groups in total. The maximum Gasteiger partial charge on any atom is 0.234 e. The van der Waals surface area contributed by atoms with Gasteiger partial charge in [-0.25, -0.2) is 0 Å². The first kappa shape index (κ1) is 26.2. The fourth-order valence-corrected chi connectivity index (χ4v) is 4.52. The minimum Gasteiger partial charge on any atom is -0.494 e. The van der Waals surface area contributed by atoms with Crippen LogP contribution in [0.15, 0.2) is 54.6 Å². The van der Waals surface area contributed by atoms with Crippen molar-refractivity contribution in [2.45, 2.75) is 58.4 Å². The summed E-state index contributed by atoms with van der Waals surface area (Å²) in [5.41, 5.74) is 2.74. The smallest absolute Gasteiger partial charge is 0.234 e. The Balaban J connectivity index is 1.24. The summed E-state index contributed by atoms with van der Waals surface area (Å²) in [6.45, 7) is 12.8. The minimum atomic E-state index is 0.139. The molecule has 2 aromatic rings. The van der Waals surface area contributed by atoms with Gasteiger partial charge in [0.05, 0.1) is 13.2 Å². The summed E-state index contributed by atoms with van der Waals surface area (Å²) in [7, 11) is 0. The Hall–Kier alpha value is -2.37. The normalized spacial score (nSPS) is 15.9. The van der Waals surface area contributed by atoms with Crippen molar-refractivity contribution < 1.29 is 9.53 Å². The summed E-state index contributed by atoms with van der Waals surface area (Å²) >= 11 is 0. The van der Waals surface area contributed by atoms with Crippen molar-refractivity contribution in [3.05, 3.63) is 65.7 Å². The number of benzene rings is 2. The molecule has 0 spiro atoms. The van der Waals surface area contributed by atoms with Crippen molar-refractivity contribution in [1.29, 1.82) is 0 Å². The number of nitrogens with one attached hydrogen (secondary N) is 1. The van der Waals surface area contributed by atoms with Crippen LogP contribution in [0.5, 0.6) is 5.75 Å². The fourth-order valence-electron chi connectivity index (χ4n) is 4.52. The van der Waals surface area contributed by atoms with Crippen LogP contribution in [0.3, 0.4) is 0 Å². The molecule has 5 heteroatoms. The van der Waals surface area contributed by atoms with E-state index in [1.807, 2.05) is 13.8 Å². The molecule has 1 saturated heterocycles. The van der Waals surface area contributed by atoms with Crippen molar-refractivity contribution in [3.8, 4) is 5.75 Å². The first-order valence-electron chi connectivity index (χ1n) is 13.0. The summed E-state index contributed by atoms with van der Waals surface area (Å²) < 4.78 is 5.97.